The summed E-state index contributed by atoms with van der Waals surface area (Å²) in [4.78, 5) is 14.7. The molecule has 0 bridgehead atoms. The van der Waals surface area contributed by atoms with Crippen molar-refractivity contribution in [1.29, 1.82) is 0 Å². The Bertz CT molecular complexity index is 366. The minimum absolute atomic E-state index is 0.0182. The van der Waals surface area contributed by atoms with E-state index in [2.05, 4.69) is 24.1 Å². The van der Waals surface area contributed by atoms with Crippen LogP contribution in [0.25, 0.3) is 0 Å². The van der Waals surface area contributed by atoms with E-state index in [0.29, 0.717) is 11.6 Å². The number of anilines is 1. The summed E-state index contributed by atoms with van der Waals surface area (Å²) >= 11 is 1.43. The van der Waals surface area contributed by atoms with Gasteiger partial charge in [-0.25, -0.2) is 4.98 Å². The SMILES string of the molecule is CC(C)COCCCNc1nc(CC(=O)O)cs1. The Morgan fingerprint density at radius 1 is 1.61 bits per heavy atom. The van der Waals surface area contributed by atoms with E-state index in [1.807, 2.05) is 0 Å². The zero-order valence-corrected chi connectivity index (χ0v) is 11.6. The third-order valence-corrected chi connectivity index (χ3v) is 2.93. The summed E-state index contributed by atoms with van der Waals surface area (Å²) < 4.78 is 5.46. The molecule has 5 nitrogen and oxygen atoms in total. The van der Waals surface area contributed by atoms with Crippen molar-refractivity contribution in [3.63, 3.8) is 0 Å². The summed E-state index contributed by atoms with van der Waals surface area (Å²) in [6, 6.07) is 0. The molecule has 6 heteroatoms. The minimum Gasteiger partial charge on any atom is -0.481 e. The molecular formula is C12H20N2O3S. The van der Waals surface area contributed by atoms with Gasteiger partial charge >= 0.3 is 5.97 Å². The first-order valence-electron chi connectivity index (χ1n) is 6.05. The molecule has 0 saturated heterocycles. The third-order valence-electron chi connectivity index (χ3n) is 2.08. The van der Waals surface area contributed by atoms with Crippen molar-refractivity contribution >= 4 is 22.4 Å². The zero-order valence-electron chi connectivity index (χ0n) is 10.8. The van der Waals surface area contributed by atoms with E-state index in [1.165, 1.54) is 11.3 Å². The average molecular weight is 272 g/mol. The van der Waals surface area contributed by atoms with Gasteiger partial charge in [0.1, 0.15) is 0 Å². The molecule has 1 rings (SSSR count). The highest BCUT2D eigenvalue weighted by Crippen LogP contribution is 2.15. The highest BCUT2D eigenvalue weighted by molar-refractivity contribution is 7.13. The quantitative estimate of drug-likeness (QED) is 0.675. The first kappa shape index (κ1) is 14.9. The van der Waals surface area contributed by atoms with Crippen LogP contribution in [0.5, 0.6) is 0 Å². The number of ether oxygens (including phenoxy) is 1. The van der Waals surface area contributed by atoms with Crippen LogP contribution in [-0.4, -0.2) is 35.8 Å². The summed E-state index contributed by atoms with van der Waals surface area (Å²) in [6.07, 6.45) is 0.899. The lowest BCUT2D eigenvalue weighted by molar-refractivity contribution is -0.136. The highest BCUT2D eigenvalue weighted by Gasteiger charge is 2.05. The largest absolute Gasteiger partial charge is 0.481 e. The van der Waals surface area contributed by atoms with Gasteiger partial charge in [-0.05, 0) is 12.3 Å². The second-order valence-corrected chi connectivity index (χ2v) is 5.32. The number of hydrogen-bond acceptors (Lipinski definition) is 5. The molecule has 0 aliphatic rings. The summed E-state index contributed by atoms with van der Waals surface area (Å²) in [5.74, 6) is -0.288. The molecule has 2 N–H and O–H groups in total. The van der Waals surface area contributed by atoms with Gasteiger partial charge in [0.15, 0.2) is 5.13 Å². The van der Waals surface area contributed by atoms with Gasteiger partial charge in [0.05, 0.1) is 12.1 Å². The van der Waals surface area contributed by atoms with Crippen LogP contribution < -0.4 is 5.32 Å². The average Bonchev–Trinajstić information content (AvgIpc) is 2.69. The molecule has 0 aliphatic carbocycles. The molecule has 102 valence electrons. The van der Waals surface area contributed by atoms with E-state index in [4.69, 9.17) is 9.84 Å². The number of nitrogens with zero attached hydrogens (tertiary/aromatic N) is 1. The molecule has 1 aromatic heterocycles. The predicted molar refractivity (Wildman–Crippen MR) is 72.2 cm³/mol. The van der Waals surface area contributed by atoms with Gasteiger partial charge in [0, 0.05) is 25.1 Å². The second-order valence-electron chi connectivity index (χ2n) is 4.46. The first-order valence-corrected chi connectivity index (χ1v) is 6.93. The van der Waals surface area contributed by atoms with E-state index in [1.54, 1.807) is 5.38 Å². The van der Waals surface area contributed by atoms with Crippen LogP contribution in [0.3, 0.4) is 0 Å². The number of hydrogen-bond donors (Lipinski definition) is 2. The van der Waals surface area contributed by atoms with Gasteiger partial charge in [0.25, 0.3) is 0 Å². The maximum Gasteiger partial charge on any atom is 0.309 e. The van der Waals surface area contributed by atoms with Gasteiger partial charge in [-0.2, -0.15) is 0 Å². The van der Waals surface area contributed by atoms with Crippen molar-refractivity contribution in [2.24, 2.45) is 5.92 Å². The fourth-order valence-electron chi connectivity index (χ4n) is 1.31. The van der Waals surface area contributed by atoms with Crippen molar-refractivity contribution < 1.29 is 14.6 Å². The van der Waals surface area contributed by atoms with Crippen LogP contribution in [0.2, 0.25) is 0 Å². The number of aromatic nitrogens is 1. The summed E-state index contributed by atoms with van der Waals surface area (Å²) in [5.41, 5.74) is 0.603. The molecule has 18 heavy (non-hydrogen) atoms. The molecule has 0 amide bonds. The Kier molecular flexibility index (Phi) is 6.67. The topological polar surface area (TPSA) is 71.5 Å². The van der Waals surface area contributed by atoms with E-state index in [-0.39, 0.29) is 6.42 Å². The summed E-state index contributed by atoms with van der Waals surface area (Å²) in [7, 11) is 0. The Morgan fingerprint density at radius 3 is 3.06 bits per heavy atom. The number of carbonyl (C=O) groups is 1. The van der Waals surface area contributed by atoms with Crippen LogP contribution in [0, 0.1) is 5.92 Å². The van der Waals surface area contributed by atoms with Crippen molar-refractivity contribution in [2.75, 3.05) is 25.1 Å². The maximum atomic E-state index is 10.5. The summed E-state index contributed by atoms with van der Waals surface area (Å²) in [5, 5.41) is 14.3. The van der Waals surface area contributed by atoms with Crippen LogP contribution in [0.15, 0.2) is 5.38 Å². The first-order chi connectivity index (χ1) is 8.58. The van der Waals surface area contributed by atoms with Crippen LogP contribution >= 0.6 is 11.3 Å². The Balaban J connectivity index is 2.12. The van der Waals surface area contributed by atoms with Gasteiger partial charge < -0.3 is 15.2 Å². The molecular weight excluding hydrogens is 252 g/mol. The van der Waals surface area contributed by atoms with Crippen molar-refractivity contribution in [2.45, 2.75) is 26.7 Å². The molecule has 0 aromatic carbocycles. The highest BCUT2D eigenvalue weighted by atomic mass is 32.1. The fraction of sp³-hybridized carbons (Fsp3) is 0.667. The molecule has 0 radical (unpaired) electrons. The monoisotopic (exact) mass is 272 g/mol. The Labute approximate surface area is 111 Å². The Morgan fingerprint density at radius 2 is 2.39 bits per heavy atom. The van der Waals surface area contributed by atoms with Gasteiger partial charge in [-0.3, -0.25) is 4.79 Å². The van der Waals surface area contributed by atoms with Crippen LogP contribution in [-0.2, 0) is 16.0 Å². The molecule has 0 atom stereocenters. The van der Waals surface area contributed by atoms with E-state index in [0.717, 1.165) is 31.3 Å². The number of nitrogens with one attached hydrogen (secondary N) is 1. The van der Waals surface area contributed by atoms with Crippen LogP contribution in [0.4, 0.5) is 5.13 Å². The normalized spacial score (nSPS) is 10.8. The lowest BCUT2D eigenvalue weighted by Crippen LogP contribution is -2.08. The molecule has 0 aliphatic heterocycles. The number of carboxylic acid groups (broad SMARTS) is 1. The van der Waals surface area contributed by atoms with Crippen molar-refractivity contribution in [1.82, 2.24) is 4.98 Å². The third kappa shape index (κ3) is 6.56. The molecule has 0 unspecified atom stereocenters. The molecule has 0 spiro atoms. The number of rotatable bonds is 9. The lowest BCUT2D eigenvalue weighted by atomic mass is 10.2. The Hall–Kier alpha value is -1.14. The number of carboxylic acids is 1. The molecule has 0 saturated carbocycles. The lowest BCUT2D eigenvalue weighted by Gasteiger charge is -2.06. The molecule has 0 fully saturated rings. The van der Waals surface area contributed by atoms with E-state index < -0.39 is 5.97 Å². The molecule has 1 heterocycles. The van der Waals surface area contributed by atoms with E-state index in [9.17, 15) is 4.79 Å². The van der Waals surface area contributed by atoms with Crippen molar-refractivity contribution in [3.05, 3.63) is 11.1 Å². The van der Waals surface area contributed by atoms with Crippen LogP contribution in [0.1, 0.15) is 26.0 Å². The van der Waals surface area contributed by atoms with Gasteiger partial charge in [-0.1, -0.05) is 13.8 Å². The second kappa shape index (κ2) is 8.05. The predicted octanol–water partition coefficient (Wildman–Crippen LogP) is 2.24. The summed E-state index contributed by atoms with van der Waals surface area (Å²) in [6.45, 7) is 6.56. The molecule has 1 aromatic rings. The zero-order chi connectivity index (χ0) is 13.4. The smallest absolute Gasteiger partial charge is 0.309 e. The fourth-order valence-corrected chi connectivity index (χ4v) is 2.05. The standard InChI is InChI=1S/C12H20N2O3S/c1-9(2)7-17-5-3-4-13-12-14-10(8-18-12)6-11(15)16/h8-9H,3-7H2,1-2H3,(H,13,14)(H,15,16). The van der Waals surface area contributed by atoms with Gasteiger partial charge in [-0.15, -0.1) is 11.3 Å². The number of aliphatic carboxylic acids is 1. The number of thiazole rings is 1. The maximum absolute atomic E-state index is 10.5. The van der Waals surface area contributed by atoms with Gasteiger partial charge in [0.2, 0.25) is 0 Å². The van der Waals surface area contributed by atoms with Crippen molar-refractivity contribution in [3.8, 4) is 0 Å². The minimum atomic E-state index is -0.853. The van der Waals surface area contributed by atoms with E-state index >= 15 is 0 Å².